The third kappa shape index (κ3) is 16.1. The summed E-state index contributed by atoms with van der Waals surface area (Å²) in [6, 6.07) is 9.24. The molecule has 0 aliphatic heterocycles. The van der Waals surface area contributed by atoms with Crippen molar-refractivity contribution in [2.75, 3.05) is 6.07 Å². The molecule has 0 fully saturated rings. The van der Waals surface area contributed by atoms with E-state index in [9.17, 15) is 59.9 Å². The van der Waals surface area contributed by atoms with E-state index in [0.717, 1.165) is 38.0 Å². The summed E-state index contributed by atoms with van der Waals surface area (Å²) in [5, 5.41) is 8.46. The van der Waals surface area contributed by atoms with Gasteiger partial charge in [0.25, 0.3) is 11.1 Å². The van der Waals surface area contributed by atoms with Gasteiger partial charge in [0.05, 0.1) is 47.7 Å². The number of benzene rings is 2. The fraction of sp³-hybridized carbons (Fsp3) is 0.351. The molecule has 0 aliphatic rings. The van der Waals surface area contributed by atoms with Gasteiger partial charge in [-0.25, -0.2) is 38.7 Å². The van der Waals surface area contributed by atoms with Crippen molar-refractivity contribution in [3.63, 3.8) is 0 Å². The number of carbonyl (C=O) groups is 2. The molecule has 0 amide bonds. The van der Waals surface area contributed by atoms with Gasteiger partial charge >= 0.3 is 65.4 Å². The topological polar surface area (TPSA) is 295 Å². The SMILES string of the molecule is C.C.CCCn1c(=O)c2c(nc(-c3cnn(Cc4cccc(C(F)(F)F)c4)c3)n2C(=O)OCCl)n(CC)c1=O.CCCn1c(=O)c2c(nc(-c3cnn(Cc4cccc(C(F)(F)F)c4)c3)n2COC(=O)c2nccn2C)n(CC)c1=O.Cn1ccnc1[C-]=O.[Na+].[OH-]. The molecule has 8 aromatic heterocycles. The summed E-state index contributed by atoms with van der Waals surface area (Å²) in [5.74, 6) is -0.212. The van der Waals surface area contributed by atoms with Crippen LogP contribution in [0.1, 0.15) is 94.1 Å². The van der Waals surface area contributed by atoms with E-state index in [4.69, 9.17) is 21.1 Å². The standard InChI is InChI=1S/C27H27F3N8O4.C23H22ClF3N6O4.C5H5N2O.2CH4.Na.H2O/c1-4-10-37-24(39)20-22(36(5-2)26(37)41)33-21(38(20)16-42-25(40)23-31-9-11-34(23)3)18-13-32-35(15-18)14-17-7-6-8-19(12-17)27(28,29)30;1-3-8-32-20(34)17-19(31(4-2)21(32)35)29-18(33(17)22(36)37-13-24)15-10-28-30(12-15)11-14-6-5-7-16(9-14)23(25,26)27;1-7-3-2-6-5(7)4-8;;;;/h6-9,11-13,15H,4-5,10,14,16H2,1-3H3;5-7,9-10,12H,3-4,8,11,13H2,1-2H3;2-3H,1H3;2*1H4;;1H2/q;;-1;;;+1;/p-1. The third-order valence-corrected chi connectivity index (χ3v) is 13.4. The number of fused-ring (bicyclic) bond motifs is 2. The van der Waals surface area contributed by atoms with Gasteiger partial charge in [0.15, 0.2) is 40.9 Å². The van der Waals surface area contributed by atoms with Crippen molar-refractivity contribution in [1.82, 2.24) is 76.0 Å². The second-order valence-corrected chi connectivity index (χ2v) is 19.3. The molecule has 91 heavy (non-hydrogen) atoms. The first-order valence-corrected chi connectivity index (χ1v) is 27.1. The first-order chi connectivity index (χ1) is 41.5. The molecule has 0 bridgehead atoms. The third-order valence-electron chi connectivity index (χ3n) is 13.2. The van der Waals surface area contributed by atoms with Crippen LogP contribution in [0.2, 0.25) is 0 Å². The predicted octanol–water partition coefficient (Wildman–Crippen LogP) is 5.15. The molecule has 0 unspecified atom stereocenters. The quantitative estimate of drug-likeness (QED) is 0.0374. The van der Waals surface area contributed by atoms with E-state index in [2.05, 4.69) is 30.1 Å². The van der Waals surface area contributed by atoms with Crippen LogP contribution in [-0.4, -0.2) is 106 Å². The molecule has 0 aliphatic carbocycles. The summed E-state index contributed by atoms with van der Waals surface area (Å²) >= 11 is 5.59. The number of esters is 1. The molecule has 10 rings (SSSR count). The Hall–Kier alpha value is -8.98. The van der Waals surface area contributed by atoms with Crippen LogP contribution in [0, 0.1) is 0 Å². The fourth-order valence-corrected chi connectivity index (χ4v) is 9.28. The molecule has 34 heteroatoms. The Morgan fingerprint density at radius 2 is 1.11 bits per heavy atom. The Labute approximate surface area is 541 Å². The minimum atomic E-state index is -4.49. The summed E-state index contributed by atoms with van der Waals surface area (Å²) < 4.78 is 102. The zero-order valence-electron chi connectivity index (χ0n) is 48.7. The van der Waals surface area contributed by atoms with Gasteiger partial charge in [-0.2, -0.15) is 42.8 Å². The van der Waals surface area contributed by atoms with E-state index >= 15 is 0 Å². The number of aryl methyl sites for hydroxylation is 4. The van der Waals surface area contributed by atoms with Gasteiger partial charge in [0.2, 0.25) is 5.82 Å². The molecule has 26 nitrogen and oxygen atoms in total. The Bertz CT molecular complexity index is 4410. The van der Waals surface area contributed by atoms with Crippen LogP contribution < -0.4 is 52.1 Å². The van der Waals surface area contributed by atoms with Crippen LogP contribution in [0.5, 0.6) is 0 Å². The van der Waals surface area contributed by atoms with E-state index in [1.807, 2.05) is 6.92 Å². The van der Waals surface area contributed by atoms with Crippen LogP contribution in [0.3, 0.4) is 0 Å². The van der Waals surface area contributed by atoms with Crippen molar-refractivity contribution in [2.24, 2.45) is 14.1 Å². The normalized spacial score (nSPS) is 11.1. The van der Waals surface area contributed by atoms with Gasteiger partial charge in [-0.15, -0.1) is 0 Å². The molecule has 0 radical (unpaired) electrons. The van der Waals surface area contributed by atoms with Gasteiger partial charge in [-0.1, -0.05) is 64.6 Å². The molecule has 482 valence electrons. The summed E-state index contributed by atoms with van der Waals surface area (Å²) in [7, 11) is 3.37. The van der Waals surface area contributed by atoms with Gasteiger partial charge in [0, 0.05) is 77.5 Å². The Morgan fingerprint density at radius 3 is 1.54 bits per heavy atom. The number of rotatable bonds is 17. The zero-order valence-corrected chi connectivity index (χ0v) is 51.5. The average molecular weight is 1300 g/mol. The fourth-order valence-electron chi connectivity index (χ4n) is 9.18. The molecule has 2 aromatic carbocycles. The van der Waals surface area contributed by atoms with Crippen molar-refractivity contribution < 1.29 is 85.2 Å². The monoisotopic (exact) mass is 1300 g/mol. The summed E-state index contributed by atoms with van der Waals surface area (Å²) in [5.41, 5.74) is -2.59. The minimum Gasteiger partial charge on any atom is -0.870 e. The average Bonchev–Trinajstić information content (AvgIpc) is 1.64. The van der Waals surface area contributed by atoms with Crippen LogP contribution in [-0.2, 0) is 86.7 Å². The zero-order chi connectivity index (χ0) is 63.1. The van der Waals surface area contributed by atoms with Crippen LogP contribution in [0.4, 0.5) is 31.1 Å². The molecule has 0 atom stereocenters. The number of carbonyl (C=O) groups excluding carboxylic acids is 3. The largest absolute Gasteiger partial charge is 1.00 e. The first kappa shape index (κ1) is 74.5. The van der Waals surface area contributed by atoms with Crippen LogP contribution >= 0.6 is 11.6 Å². The number of alkyl halides is 7. The molecular formula is C57H63ClF6N16NaO10-. The molecular weight excluding hydrogens is 1240 g/mol. The number of nitrogens with zero attached hydrogens (tertiary/aromatic N) is 16. The number of hydrogen-bond acceptors (Lipinski definition) is 16. The summed E-state index contributed by atoms with van der Waals surface area (Å²) in [6.07, 6.45) is 4.82. The summed E-state index contributed by atoms with van der Waals surface area (Å²) in [4.78, 5) is 105. The second-order valence-electron chi connectivity index (χ2n) is 19.1. The van der Waals surface area contributed by atoms with Crippen LogP contribution in [0.25, 0.3) is 45.1 Å². The predicted molar refractivity (Wildman–Crippen MR) is 317 cm³/mol. The van der Waals surface area contributed by atoms with E-state index in [1.165, 1.54) is 70.6 Å². The molecule has 0 saturated heterocycles. The van der Waals surface area contributed by atoms with Crippen molar-refractivity contribution in [3.8, 4) is 22.8 Å². The number of ether oxygens (including phenoxy) is 2. The van der Waals surface area contributed by atoms with Gasteiger partial charge in [-0.3, -0.25) is 46.8 Å². The molecule has 10 aromatic rings. The number of aromatic nitrogens is 16. The number of imidazole rings is 4. The Balaban J connectivity index is 0.000000334. The van der Waals surface area contributed by atoms with Crippen molar-refractivity contribution in [1.29, 1.82) is 0 Å². The Kier molecular flexibility index (Phi) is 25.9. The maximum Gasteiger partial charge on any atom is 1.00 e. The Morgan fingerprint density at radius 1 is 0.637 bits per heavy atom. The molecule has 1 N–H and O–H groups in total. The maximum absolute atomic E-state index is 13.6. The van der Waals surface area contributed by atoms with Gasteiger partial charge in [-0.05, 0) is 67.9 Å². The second kappa shape index (κ2) is 31.7. The number of hydrogen-bond donors (Lipinski definition) is 0. The van der Waals surface area contributed by atoms with E-state index in [1.54, 1.807) is 76.6 Å². The summed E-state index contributed by atoms with van der Waals surface area (Å²) in [6.45, 7) is 7.38. The van der Waals surface area contributed by atoms with E-state index < -0.39 is 70.8 Å². The van der Waals surface area contributed by atoms with Gasteiger partial charge < -0.3 is 28.9 Å². The number of halogens is 7. The van der Waals surface area contributed by atoms with Crippen LogP contribution in [0.15, 0.2) is 117 Å². The van der Waals surface area contributed by atoms with Crippen molar-refractivity contribution in [2.45, 2.75) is 114 Å². The molecule has 0 saturated carbocycles. The molecule has 0 spiro atoms. The van der Waals surface area contributed by atoms with Crippen molar-refractivity contribution in [3.05, 3.63) is 174 Å². The first-order valence-electron chi connectivity index (χ1n) is 26.6. The van der Waals surface area contributed by atoms with E-state index in [-0.39, 0.29) is 135 Å². The molecule has 8 heterocycles. The van der Waals surface area contributed by atoms with Crippen molar-refractivity contribution >= 4 is 52.3 Å². The smallest absolute Gasteiger partial charge is 0.870 e. The maximum atomic E-state index is 13.6. The van der Waals surface area contributed by atoms with Gasteiger partial charge in [0.1, 0.15) is 5.82 Å². The van der Waals surface area contributed by atoms with E-state index in [0.29, 0.717) is 35.4 Å². The minimum absolute atomic E-state index is 0.